The minimum Gasteiger partial charge on any atom is -0.497 e. The number of carbonyl (C=O) groups excluding carboxylic acids is 1. The van der Waals surface area contributed by atoms with E-state index in [1.54, 1.807) is 32.4 Å². The van der Waals surface area contributed by atoms with Gasteiger partial charge in [0.2, 0.25) is 0 Å². The smallest absolute Gasteiger partial charge is 0.255 e. The first kappa shape index (κ1) is 17.6. The fraction of sp³-hybridized carbons (Fsp3) is 0.0909. The molecule has 6 nitrogen and oxygen atoms in total. The van der Waals surface area contributed by atoms with E-state index >= 15 is 0 Å². The van der Waals surface area contributed by atoms with Crippen LogP contribution in [0.15, 0.2) is 73.1 Å². The minimum atomic E-state index is -0.256. The molecule has 28 heavy (non-hydrogen) atoms. The van der Waals surface area contributed by atoms with Crippen LogP contribution in [-0.4, -0.2) is 29.5 Å². The second-order valence-corrected chi connectivity index (χ2v) is 6.19. The fourth-order valence-corrected chi connectivity index (χ4v) is 3.01. The molecule has 2 heterocycles. The Kier molecular flexibility index (Phi) is 4.68. The molecule has 1 N–H and O–H groups in total. The van der Waals surface area contributed by atoms with Crippen molar-refractivity contribution in [3.05, 3.63) is 78.6 Å². The summed E-state index contributed by atoms with van der Waals surface area (Å²) in [5, 5.41) is 2.97. The van der Waals surface area contributed by atoms with E-state index in [2.05, 4.69) is 10.3 Å². The van der Waals surface area contributed by atoms with E-state index in [0.29, 0.717) is 22.7 Å². The summed E-state index contributed by atoms with van der Waals surface area (Å²) < 4.78 is 12.4. The number of para-hydroxylation sites is 1. The van der Waals surface area contributed by atoms with E-state index in [9.17, 15) is 4.79 Å². The van der Waals surface area contributed by atoms with Crippen LogP contribution < -0.4 is 14.8 Å². The summed E-state index contributed by atoms with van der Waals surface area (Å²) in [7, 11) is 3.10. The molecule has 0 saturated heterocycles. The number of anilines is 1. The van der Waals surface area contributed by atoms with Gasteiger partial charge >= 0.3 is 0 Å². The van der Waals surface area contributed by atoms with Crippen LogP contribution in [0, 0.1) is 0 Å². The largest absolute Gasteiger partial charge is 0.497 e. The van der Waals surface area contributed by atoms with E-state index in [4.69, 9.17) is 9.47 Å². The standard InChI is InChI=1S/C22H19N3O3/c1-27-16-11-15(12-17(13-16)28-2)22(26)24-19-8-4-3-7-18(19)20-14-25-10-6-5-9-21(25)23-20/h3-14H,1-2H3,(H,24,26). The molecule has 4 aromatic rings. The molecule has 0 radical (unpaired) electrons. The number of methoxy groups -OCH3 is 2. The van der Waals surface area contributed by atoms with E-state index in [1.165, 1.54) is 0 Å². The quantitative estimate of drug-likeness (QED) is 0.567. The monoisotopic (exact) mass is 373 g/mol. The first-order valence-electron chi connectivity index (χ1n) is 8.75. The van der Waals surface area contributed by atoms with Gasteiger partial charge in [0, 0.05) is 29.6 Å². The van der Waals surface area contributed by atoms with Crippen molar-refractivity contribution in [3.63, 3.8) is 0 Å². The molecule has 0 aliphatic heterocycles. The zero-order chi connectivity index (χ0) is 19.5. The fourth-order valence-electron chi connectivity index (χ4n) is 3.01. The lowest BCUT2D eigenvalue weighted by molar-refractivity contribution is 0.102. The number of hydrogen-bond acceptors (Lipinski definition) is 4. The van der Waals surface area contributed by atoms with Crippen LogP contribution in [0.5, 0.6) is 11.5 Å². The molecule has 0 spiro atoms. The summed E-state index contributed by atoms with van der Waals surface area (Å²) in [5.41, 5.74) is 3.59. The second-order valence-electron chi connectivity index (χ2n) is 6.19. The number of aromatic nitrogens is 2. The van der Waals surface area contributed by atoms with Gasteiger partial charge in [0.05, 0.1) is 25.6 Å². The number of rotatable bonds is 5. The predicted molar refractivity (Wildman–Crippen MR) is 108 cm³/mol. The summed E-state index contributed by atoms with van der Waals surface area (Å²) in [5.74, 6) is 0.852. The molecule has 2 aromatic heterocycles. The highest BCUT2D eigenvalue weighted by Crippen LogP contribution is 2.29. The SMILES string of the molecule is COc1cc(OC)cc(C(=O)Nc2ccccc2-c2cn3ccccc3n2)c1. The Balaban J connectivity index is 1.68. The molecule has 0 saturated carbocycles. The maximum atomic E-state index is 12.9. The Morgan fingerprint density at radius 1 is 0.964 bits per heavy atom. The molecule has 4 rings (SSSR count). The third-order valence-corrected chi connectivity index (χ3v) is 4.43. The van der Waals surface area contributed by atoms with Crippen molar-refractivity contribution < 1.29 is 14.3 Å². The molecule has 0 bridgehead atoms. The highest BCUT2D eigenvalue weighted by Gasteiger charge is 2.14. The average molecular weight is 373 g/mol. The van der Waals surface area contributed by atoms with Crippen molar-refractivity contribution in [1.82, 2.24) is 9.38 Å². The maximum Gasteiger partial charge on any atom is 0.255 e. The molecule has 140 valence electrons. The van der Waals surface area contributed by atoms with Gasteiger partial charge in [-0.2, -0.15) is 0 Å². The molecule has 0 fully saturated rings. The zero-order valence-corrected chi connectivity index (χ0v) is 15.5. The van der Waals surface area contributed by atoms with Crippen molar-refractivity contribution in [2.75, 3.05) is 19.5 Å². The lowest BCUT2D eigenvalue weighted by Crippen LogP contribution is -2.13. The lowest BCUT2D eigenvalue weighted by atomic mass is 10.1. The average Bonchev–Trinajstić information content (AvgIpc) is 3.17. The van der Waals surface area contributed by atoms with Crippen LogP contribution in [0.1, 0.15) is 10.4 Å². The molecule has 1 amide bonds. The Labute approximate surface area is 162 Å². The molecule has 6 heteroatoms. The van der Waals surface area contributed by atoms with Gasteiger partial charge in [-0.15, -0.1) is 0 Å². The Morgan fingerprint density at radius 3 is 2.39 bits per heavy atom. The number of pyridine rings is 1. The van der Waals surface area contributed by atoms with Gasteiger partial charge in [0.15, 0.2) is 0 Å². The van der Waals surface area contributed by atoms with E-state index in [1.807, 2.05) is 59.3 Å². The summed E-state index contributed by atoms with van der Waals surface area (Å²) in [6.45, 7) is 0. The molecule has 0 atom stereocenters. The van der Waals surface area contributed by atoms with E-state index < -0.39 is 0 Å². The van der Waals surface area contributed by atoms with Crippen LogP contribution in [0.4, 0.5) is 5.69 Å². The molecule has 0 unspecified atom stereocenters. The molecular weight excluding hydrogens is 354 g/mol. The van der Waals surface area contributed by atoms with E-state index in [-0.39, 0.29) is 5.91 Å². The zero-order valence-electron chi connectivity index (χ0n) is 15.5. The topological polar surface area (TPSA) is 64.9 Å². The number of nitrogens with zero attached hydrogens (tertiary/aromatic N) is 2. The first-order valence-corrected chi connectivity index (χ1v) is 8.75. The number of nitrogens with one attached hydrogen (secondary N) is 1. The van der Waals surface area contributed by atoms with Gasteiger partial charge < -0.3 is 19.2 Å². The third kappa shape index (κ3) is 3.40. The minimum absolute atomic E-state index is 0.256. The summed E-state index contributed by atoms with van der Waals surface area (Å²) in [4.78, 5) is 17.5. The van der Waals surface area contributed by atoms with Crippen molar-refractivity contribution >= 4 is 17.2 Å². The van der Waals surface area contributed by atoms with Crippen LogP contribution in [0.2, 0.25) is 0 Å². The third-order valence-electron chi connectivity index (χ3n) is 4.43. The summed E-state index contributed by atoms with van der Waals surface area (Å²) in [6, 6.07) is 18.5. The van der Waals surface area contributed by atoms with Gasteiger partial charge in [0.1, 0.15) is 17.1 Å². The van der Waals surface area contributed by atoms with Crippen molar-refractivity contribution in [3.8, 4) is 22.8 Å². The molecule has 2 aromatic carbocycles. The highest BCUT2D eigenvalue weighted by molar-refractivity contribution is 6.06. The first-order chi connectivity index (χ1) is 13.7. The van der Waals surface area contributed by atoms with Gasteiger partial charge in [-0.25, -0.2) is 4.98 Å². The number of amides is 1. The van der Waals surface area contributed by atoms with Gasteiger partial charge in [-0.3, -0.25) is 4.79 Å². The predicted octanol–water partition coefficient (Wildman–Crippen LogP) is 4.27. The normalized spacial score (nSPS) is 10.6. The van der Waals surface area contributed by atoms with E-state index in [0.717, 1.165) is 16.9 Å². The highest BCUT2D eigenvalue weighted by atomic mass is 16.5. The molecule has 0 aliphatic carbocycles. The van der Waals surface area contributed by atoms with Crippen molar-refractivity contribution in [2.24, 2.45) is 0 Å². The summed E-state index contributed by atoms with van der Waals surface area (Å²) >= 11 is 0. The van der Waals surface area contributed by atoms with Crippen molar-refractivity contribution in [2.45, 2.75) is 0 Å². The van der Waals surface area contributed by atoms with Crippen LogP contribution in [0.3, 0.4) is 0 Å². The van der Waals surface area contributed by atoms with Gasteiger partial charge in [-0.1, -0.05) is 24.3 Å². The number of hydrogen-bond donors (Lipinski definition) is 1. The molecular formula is C22H19N3O3. The maximum absolute atomic E-state index is 12.9. The number of imidazole rings is 1. The summed E-state index contributed by atoms with van der Waals surface area (Å²) in [6.07, 6.45) is 3.88. The van der Waals surface area contributed by atoms with Gasteiger partial charge in [0.25, 0.3) is 5.91 Å². The number of carbonyl (C=O) groups is 1. The second kappa shape index (κ2) is 7.44. The van der Waals surface area contributed by atoms with Gasteiger partial charge in [-0.05, 0) is 30.3 Å². The lowest BCUT2D eigenvalue weighted by Gasteiger charge is -2.11. The molecule has 0 aliphatic rings. The number of benzene rings is 2. The number of ether oxygens (including phenoxy) is 2. The Bertz CT molecular complexity index is 1100. The van der Waals surface area contributed by atoms with Crippen molar-refractivity contribution in [1.29, 1.82) is 0 Å². The van der Waals surface area contributed by atoms with Crippen LogP contribution in [0.25, 0.3) is 16.9 Å². The van der Waals surface area contributed by atoms with Crippen LogP contribution >= 0.6 is 0 Å². The van der Waals surface area contributed by atoms with Crippen LogP contribution in [-0.2, 0) is 0 Å². The Hall–Kier alpha value is -3.80. The number of fused-ring (bicyclic) bond motifs is 1. The Morgan fingerprint density at radius 2 is 1.68 bits per heavy atom.